The van der Waals surface area contributed by atoms with Crippen molar-refractivity contribution in [2.24, 2.45) is 0 Å². The Labute approximate surface area is 218 Å². The summed E-state index contributed by atoms with van der Waals surface area (Å²) in [7, 11) is 0. The molecule has 2 heterocycles. The quantitative estimate of drug-likeness (QED) is 0.288. The van der Waals surface area contributed by atoms with E-state index < -0.39 is 5.91 Å². The van der Waals surface area contributed by atoms with Gasteiger partial charge in [-0.05, 0) is 46.9 Å². The van der Waals surface area contributed by atoms with Crippen LogP contribution in [0.15, 0.2) is 60.9 Å². The maximum Gasteiger partial charge on any atom is 0.277 e. The first-order valence-electron chi connectivity index (χ1n) is 10.8. The first-order chi connectivity index (χ1) is 16.6. The van der Waals surface area contributed by atoms with Crippen molar-refractivity contribution < 1.29 is 9.53 Å². The Morgan fingerprint density at radius 1 is 0.971 bits per heavy atom. The van der Waals surface area contributed by atoms with E-state index in [1.807, 2.05) is 30.3 Å². The zero-order chi connectivity index (χ0) is 25.2. The van der Waals surface area contributed by atoms with Gasteiger partial charge in [0.15, 0.2) is 18.2 Å². The van der Waals surface area contributed by atoms with E-state index in [4.69, 9.17) is 39.5 Å². The smallest absolute Gasteiger partial charge is 0.277 e. The van der Waals surface area contributed by atoms with Crippen LogP contribution in [0.2, 0.25) is 15.1 Å². The third kappa shape index (κ3) is 6.36. The normalized spacial score (nSPS) is 11.5. The fourth-order valence-corrected chi connectivity index (χ4v) is 3.97. The van der Waals surface area contributed by atoms with Crippen LogP contribution in [0, 0.1) is 0 Å². The monoisotopic (exact) mass is 531 g/mol. The lowest BCUT2D eigenvalue weighted by Gasteiger charge is -2.19. The molecule has 0 aliphatic heterocycles. The number of carbonyl (C=O) groups excluding carboxylic acids is 1. The van der Waals surface area contributed by atoms with E-state index in [0.717, 1.165) is 11.3 Å². The lowest BCUT2D eigenvalue weighted by atomic mass is 9.87. The van der Waals surface area contributed by atoms with Crippen LogP contribution in [-0.2, 0) is 18.7 Å². The number of rotatable bonds is 7. The molecule has 4 aromatic rings. The Kier molecular flexibility index (Phi) is 7.40. The van der Waals surface area contributed by atoms with Gasteiger partial charge in [0.05, 0.1) is 6.54 Å². The molecule has 0 aliphatic rings. The van der Waals surface area contributed by atoms with Crippen molar-refractivity contribution in [2.45, 2.75) is 39.5 Å². The van der Waals surface area contributed by atoms with Gasteiger partial charge < -0.3 is 10.1 Å². The van der Waals surface area contributed by atoms with Crippen LogP contribution >= 0.6 is 34.8 Å². The zero-order valence-electron chi connectivity index (χ0n) is 19.4. The first kappa shape index (κ1) is 25.1. The summed E-state index contributed by atoms with van der Waals surface area (Å²) in [5, 5.41) is 12.7. The molecule has 35 heavy (non-hydrogen) atoms. The van der Waals surface area contributed by atoms with Crippen molar-refractivity contribution in [2.75, 3.05) is 5.32 Å². The van der Waals surface area contributed by atoms with E-state index in [2.05, 4.69) is 36.3 Å². The van der Waals surface area contributed by atoms with E-state index >= 15 is 0 Å². The Balaban J connectivity index is 1.36. The lowest BCUT2D eigenvalue weighted by Crippen LogP contribution is -2.15. The molecule has 0 saturated carbocycles. The summed E-state index contributed by atoms with van der Waals surface area (Å²) in [6.45, 7) is 7.01. The van der Waals surface area contributed by atoms with Crippen molar-refractivity contribution in [1.82, 2.24) is 19.6 Å². The SMILES string of the molecule is CC(C)(C)c1ccc(OCn2ccc(C(=O)Nc3nn(Cc4ccc(Cl)cc4Cl)cc3Cl)n2)cc1. The highest BCUT2D eigenvalue weighted by Gasteiger charge is 2.16. The van der Waals surface area contributed by atoms with Gasteiger partial charge in [-0.15, -0.1) is 0 Å². The molecule has 1 amide bonds. The number of nitrogens with zero attached hydrogens (tertiary/aromatic N) is 4. The third-order valence-electron chi connectivity index (χ3n) is 5.25. The maximum atomic E-state index is 12.7. The minimum atomic E-state index is -0.435. The second-order valence-corrected chi connectivity index (χ2v) is 10.3. The van der Waals surface area contributed by atoms with Gasteiger partial charge in [-0.25, -0.2) is 4.68 Å². The van der Waals surface area contributed by atoms with Crippen molar-refractivity contribution in [3.8, 4) is 5.75 Å². The molecule has 0 bridgehead atoms. The third-order valence-corrected chi connectivity index (χ3v) is 6.12. The molecule has 1 N–H and O–H groups in total. The molecule has 0 atom stereocenters. The Hall–Kier alpha value is -3.00. The van der Waals surface area contributed by atoms with Gasteiger partial charge in [0.2, 0.25) is 0 Å². The number of benzene rings is 2. The number of anilines is 1. The van der Waals surface area contributed by atoms with Crippen LogP contribution in [0.25, 0.3) is 0 Å². The molecule has 182 valence electrons. The van der Waals surface area contributed by atoms with Crippen molar-refractivity contribution in [1.29, 1.82) is 0 Å². The fourth-order valence-electron chi connectivity index (χ4n) is 3.31. The highest BCUT2D eigenvalue weighted by molar-refractivity contribution is 6.35. The van der Waals surface area contributed by atoms with Crippen molar-refractivity contribution >= 4 is 46.5 Å². The number of hydrogen-bond donors (Lipinski definition) is 1. The molecule has 7 nitrogen and oxygen atoms in total. The van der Waals surface area contributed by atoms with Crippen LogP contribution in [0.4, 0.5) is 5.82 Å². The summed E-state index contributed by atoms with van der Waals surface area (Å²) in [5.41, 5.74) is 2.33. The van der Waals surface area contributed by atoms with E-state index in [-0.39, 0.29) is 23.7 Å². The molecular weight excluding hydrogens is 509 g/mol. The van der Waals surface area contributed by atoms with Crippen LogP contribution in [0.5, 0.6) is 5.75 Å². The fraction of sp³-hybridized carbons (Fsp3) is 0.240. The molecule has 2 aromatic heterocycles. The van der Waals surface area contributed by atoms with E-state index in [0.29, 0.717) is 21.6 Å². The number of nitrogens with one attached hydrogen (secondary N) is 1. The van der Waals surface area contributed by atoms with E-state index in [9.17, 15) is 4.79 Å². The Morgan fingerprint density at radius 2 is 1.71 bits per heavy atom. The number of hydrogen-bond acceptors (Lipinski definition) is 4. The molecule has 0 fully saturated rings. The predicted octanol–water partition coefficient (Wildman–Crippen LogP) is 6.67. The van der Waals surface area contributed by atoms with Crippen LogP contribution in [0.1, 0.15) is 42.4 Å². The topological polar surface area (TPSA) is 74.0 Å². The van der Waals surface area contributed by atoms with Gasteiger partial charge in [-0.1, -0.05) is 73.8 Å². The van der Waals surface area contributed by atoms with Gasteiger partial charge in [0, 0.05) is 22.4 Å². The molecule has 0 spiro atoms. The summed E-state index contributed by atoms with van der Waals surface area (Å²) < 4.78 is 8.90. The number of aromatic nitrogens is 4. The maximum absolute atomic E-state index is 12.7. The number of ether oxygens (including phenoxy) is 1. The van der Waals surface area contributed by atoms with E-state index in [1.54, 1.807) is 35.3 Å². The summed E-state index contributed by atoms with van der Waals surface area (Å²) >= 11 is 18.5. The highest BCUT2D eigenvalue weighted by atomic mass is 35.5. The highest BCUT2D eigenvalue weighted by Crippen LogP contribution is 2.26. The van der Waals surface area contributed by atoms with Gasteiger partial charge in [-0.2, -0.15) is 10.2 Å². The number of halogens is 3. The lowest BCUT2D eigenvalue weighted by molar-refractivity contribution is 0.101. The summed E-state index contributed by atoms with van der Waals surface area (Å²) in [6, 6.07) is 14.7. The molecule has 0 radical (unpaired) electrons. The molecule has 0 aliphatic carbocycles. The van der Waals surface area contributed by atoms with Gasteiger partial charge in [-0.3, -0.25) is 9.48 Å². The average molecular weight is 533 g/mol. The van der Waals surface area contributed by atoms with Gasteiger partial charge >= 0.3 is 0 Å². The van der Waals surface area contributed by atoms with Crippen LogP contribution in [0.3, 0.4) is 0 Å². The Morgan fingerprint density at radius 3 is 2.40 bits per heavy atom. The second-order valence-electron chi connectivity index (χ2n) is 9.00. The minimum Gasteiger partial charge on any atom is -0.471 e. The van der Waals surface area contributed by atoms with Gasteiger partial charge in [0.1, 0.15) is 10.8 Å². The molecule has 0 unspecified atom stereocenters. The average Bonchev–Trinajstić information content (AvgIpc) is 3.41. The summed E-state index contributed by atoms with van der Waals surface area (Å²) in [6.07, 6.45) is 3.28. The molecular formula is C25H24Cl3N5O2. The minimum absolute atomic E-state index is 0.0738. The number of amides is 1. The standard InChI is InChI=1S/C25H24Cl3N5O2/c1-25(2,3)17-5-8-19(9-6-17)35-15-32-11-10-22(30-32)24(34)29-23-21(28)14-33(31-23)13-16-4-7-18(26)12-20(16)27/h4-12,14H,13,15H2,1-3H3,(H,29,31,34). The summed E-state index contributed by atoms with van der Waals surface area (Å²) in [5.74, 6) is 0.513. The largest absolute Gasteiger partial charge is 0.471 e. The van der Waals surface area contributed by atoms with Crippen LogP contribution in [-0.4, -0.2) is 25.5 Å². The molecule has 10 heteroatoms. The molecule has 4 rings (SSSR count). The first-order valence-corrected chi connectivity index (χ1v) is 12.0. The van der Waals surface area contributed by atoms with Crippen LogP contribution < -0.4 is 10.1 Å². The Bertz CT molecular complexity index is 1340. The number of carbonyl (C=O) groups is 1. The predicted molar refractivity (Wildman–Crippen MR) is 139 cm³/mol. The van der Waals surface area contributed by atoms with Crippen molar-refractivity contribution in [3.05, 3.63) is 92.8 Å². The van der Waals surface area contributed by atoms with Gasteiger partial charge in [0.25, 0.3) is 5.91 Å². The van der Waals surface area contributed by atoms with E-state index in [1.165, 1.54) is 10.2 Å². The second kappa shape index (κ2) is 10.3. The molecule has 2 aromatic carbocycles. The van der Waals surface area contributed by atoms with Crippen molar-refractivity contribution in [3.63, 3.8) is 0 Å². The zero-order valence-corrected chi connectivity index (χ0v) is 21.7. The molecule has 0 saturated heterocycles. The summed E-state index contributed by atoms with van der Waals surface area (Å²) in [4.78, 5) is 12.7.